The van der Waals surface area contributed by atoms with Crippen molar-refractivity contribution in [2.75, 3.05) is 23.8 Å². The van der Waals surface area contributed by atoms with Crippen LogP contribution in [0.1, 0.15) is 18.9 Å². The zero-order valence-corrected chi connectivity index (χ0v) is 15.7. The van der Waals surface area contributed by atoms with Crippen LogP contribution >= 0.6 is 51.1 Å². The van der Waals surface area contributed by atoms with Gasteiger partial charge in [0.1, 0.15) is 0 Å². The van der Waals surface area contributed by atoms with Crippen molar-refractivity contribution in [3.63, 3.8) is 0 Å². The highest BCUT2D eigenvalue weighted by atomic mass is 79.9. The van der Waals surface area contributed by atoms with E-state index in [0.29, 0.717) is 11.3 Å². The van der Waals surface area contributed by atoms with Gasteiger partial charge in [-0.15, -0.1) is 0 Å². The summed E-state index contributed by atoms with van der Waals surface area (Å²) in [5.41, 5.74) is 1.25. The van der Waals surface area contributed by atoms with Gasteiger partial charge in [-0.3, -0.25) is 0 Å². The lowest BCUT2D eigenvalue weighted by Gasteiger charge is -2.30. The first kappa shape index (κ1) is 17.0. The molecule has 0 saturated carbocycles. The molecule has 2 atom stereocenters. The topological polar surface area (TPSA) is 12.0 Å². The molecule has 5 heteroatoms. The van der Waals surface area contributed by atoms with Crippen LogP contribution in [0.3, 0.4) is 0 Å². The van der Waals surface area contributed by atoms with Crippen LogP contribution in [0.4, 0.5) is 0 Å². The normalized spacial score (nSPS) is 20.9. The van der Waals surface area contributed by atoms with Crippen molar-refractivity contribution in [1.82, 2.24) is 5.32 Å². The molecule has 1 aliphatic rings. The fourth-order valence-corrected chi connectivity index (χ4v) is 5.97. The largest absolute Gasteiger partial charge is 0.313 e. The summed E-state index contributed by atoms with van der Waals surface area (Å²) in [7, 11) is 0. The SMILES string of the molecule is CCCNC(Cc1ccc(Br)cc1Cl)C1CSCCS1. The Balaban J connectivity index is 2.05. The summed E-state index contributed by atoms with van der Waals surface area (Å²) in [6.45, 7) is 3.31. The number of nitrogens with one attached hydrogen (secondary N) is 1. The lowest BCUT2D eigenvalue weighted by Crippen LogP contribution is -2.43. The Hall–Kier alpha value is 0.650. The quantitative estimate of drug-likeness (QED) is 0.740. The lowest BCUT2D eigenvalue weighted by molar-refractivity contribution is 0.506. The molecule has 1 nitrogen and oxygen atoms in total. The second kappa shape index (κ2) is 8.94. The number of thioether (sulfide) groups is 2. The number of hydrogen-bond donors (Lipinski definition) is 1. The maximum absolute atomic E-state index is 6.38. The molecule has 1 aromatic carbocycles. The van der Waals surface area contributed by atoms with Crippen molar-refractivity contribution in [3.8, 4) is 0 Å². The van der Waals surface area contributed by atoms with E-state index in [4.69, 9.17) is 11.6 Å². The van der Waals surface area contributed by atoms with Crippen LogP contribution in [0.25, 0.3) is 0 Å². The monoisotopic (exact) mass is 393 g/mol. The molecule has 0 aliphatic carbocycles. The summed E-state index contributed by atoms with van der Waals surface area (Å²) in [6.07, 6.45) is 2.19. The standard InChI is InChI=1S/C15H21BrClNS2/c1-2-5-18-14(15-10-19-6-7-20-15)8-11-3-4-12(16)9-13(11)17/h3-4,9,14-15,18H,2,5-8,10H2,1H3. The molecule has 0 aromatic heterocycles. The van der Waals surface area contributed by atoms with E-state index in [0.717, 1.165) is 22.5 Å². The van der Waals surface area contributed by atoms with E-state index in [2.05, 4.69) is 63.8 Å². The average Bonchev–Trinajstić information content (AvgIpc) is 2.46. The van der Waals surface area contributed by atoms with Crippen LogP contribution in [0.2, 0.25) is 5.02 Å². The first-order chi connectivity index (χ1) is 9.70. The van der Waals surface area contributed by atoms with Crippen LogP contribution in [0.15, 0.2) is 22.7 Å². The van der Waals surface area contributed by atoms with Gasteiger partial charge in [-0.05, 0) is 37.1 Å². The van der Waals surface area contributed by atoms with E-state index < -0.39 is 0 Å². The highest BCUT2D eigenvalue weighted by Crippen LogP contribution is 2.30. The molecule has 1 saturated heterocycles. The Morgan fingerprint density at radius 1 is 1.45 bits per heavy atom. The Bertz CT molecular complexity index is 424. The molecule has 1 aliphatic heterocycles. The molecule has 2 rings (SSSR count). The molecular formula is C15H21BrClNS2. The average molecular weight is 395 g/mol. The summed E-state index contributed by atoms with van der Waals surface area (Å²) in [4.78, 5) is 0. The van der Waals surface area contributed by atoms with Gasteiger partial charge in [-0.1, -0.05) is 40.5 Å². The molecule has 0 amide bonds. The minimum absolute atomic E-state index is 0.520. The summed E-state index contributed by atoms with van der Waals surface area (Å²) in [5.74, 6) is 3.81. The summed E-state index contributed by atoms with van der Waals surface area (Å²) >= 11 is 14.0. The summed E-state index contributed by atoms with van der Waals surface area (Å²) in [6, 6.07) is 6.75. The first-order valence-electron chi connectivity index (χ1n) is 7.07. The van der Waals surface area contributed by atoms with Crippen molar-refractivity contribution in [1.29, 1.82) is 0 Å². The van der Waals surface area contributed by atoms with Gasteiger partial charge in [0.2, 0.25) is 0 Å². The molecule has 1 heterocycles. The number of hydrogen-bond acceptors (Lipinski definition) is 3. The molecule has 1 aromatic rings. The molecule has 0 radical (unpaired) electrons. The molecule has 1 N–H and O–H groups in total. The predicted molar refractivity (Wildman–Crippen MR) is 98.5 cm³/mol. The van der Waals surface area contributed by atoms with E-state index in [9.17, 15) is 0 Å². The van der Waals surface area contributed by atoms with Gasteiger partial charge in [0.05, 0.1) is 0 Å². The van der Waals surface area contributed by atoms with Crippen LogP contribution in [-0.2, 0) is 6.42 Å². The second-order valence-corrected chi connectivity index (χ2v) is 8.80. The first-order valence-corrected chi connectivity index (χ1v) is 10.4. The van der Waals surface area contributed by atoms with Crippen LogP contribution in [0.5, 0.6) is 0 Å². The van der Waals surface area contributed by atoms with E-state index in [1.54, 1.807) is 0 Å². The van der Waals surface area contributed by atoms with Crippen LogP contribution in [-0.4, -0.2) is 35.1 Å². The fourth-order valence-electron chi connectivity index (χ4n) is 2.33. The van der Waals surface area contributed by atoms with Gasteiger partial charge in [-0.2, -0.15) is 23.5 Å². The molecule has 20 heavy (non-hydrogen) atoms. The third-order valence-electron chi connectivity index (χ3n) is 3.40. The van der Waals surface area contributed by atoms with Crippen molar-refractivity contribution in [2.45, 2.75) is 31.1 Å². The van der Waals surface area contributed by atoms with Gasteiger partial charge in [-0.25, -0.2) is 0 Å². The lowest BCUT2D eigenvalue weighted by atomic mass is 10.0. The second-order valence-electron chi connectivity index (χ2n) is 4.98. The number of halogens is 2. The van der Waals surface area contributed by atoms with Crippen molar-refractivity contribution in [2.24, 2.45) is 0 Å². The summed E-state index contributed by atoms with van der Waals surface area (Å²) < 4.78 is 1.05. The smallest absolute Gasteiger partial charge is 0.0449 e. The molecular weight excluding hydrogens is 374 g/mol. The van der Waals surface area contributed by atoms with Gasteiger partial charge >= 0.3 is 0 Å². The van der Waals surface area contributed by atoms with E-state index in [-0.39, 0.29) is 0 Å². The zero-order valence-electron chi connectivity index (χ0n) is 11.7. The third kappa shape index (κ3) is 5.13. The molecule has 0 spiro atoms. The minimum atomic E-state index is 0.520. The number of rotatable bonds is 6. The molecule has 112 valence electrons. The third-order valence-corrected chi connectivity index (χ3v) is 7.17. The van der Waals surface area contributed by atoms with Gasteiger partial charge in [0, 0.05) is 38.0 Å². The molecule has 2 unspecified atom stereocenters. The number of benzene rings is 1. The minimum Gasteiger partial charge on any atom is -0.313 e. The van der Waals surface area contributed by atoms with Crippen LogP contribution in [0, 0.1) is 0 Å². The van der Waals surface area contributed by atoms with Crippen molar-refractivity contribution in [3.05, 3.63) is 33.3 Å². The molecule has 0 bridgehead atoms. The van der Waals surface area contributed by atoms with Crippen molar-refractivity contribution < 1.29 is 0 Å². The summed E-state index contributed by atoms with van der Waals surface area (Å²) in [5, 5.41) is 5.29. The Morgan fingerprint density at radius 2 is 2.30 bits per heavy atom. The highest BCUT2D eigenvalue weighted by Gasteiger charge is 2.24. The maximum atomic E-state index is 6.38. The maximum Gasteiger partial charge on any atom is 0.0449 e. The van der Waals surface area contributed by atoms with E-state index in [1.807, 2.05) is 6.07 Å². The highest BCUT2D eigenvalue weighted by molar-refractivity contribution is 9.10. The van der Waals surface area contributed by atoms with Gasteiger partial charge in [0.25, 0.3) is 0 Å². The van der Waals surface area contributed by atoms with Crippen molar-refractivity contribution >= 4 is 51.1 Å². The van der Waals surface area contributed by atoms with Gasteiger partial charge < -0.3 is 5.32 Å². The zero-order chi connectivity index (χ0) is 14.4. The Kier molecular flexibility index (Phi) is 7.60. The Morgan fingerprint density at radius 3 is 2.95 bits per heavy atom. The van der Waals surface area contributed by atoms with Crippen LogP contribution < -0.4 is 5.32 Å². The van der Waals surface area contributed by atoms with E-state index in [1.165, 1.54) is 29.2 Å². The molecule has 1 fully saturated rings. The van der Waals surface area contributed by atoms with Gasteiger partial charge in [0.15, 0.2) is 0 Å². The Labute approximate surface area is 144 Å². The predicted octanol–water partition coefficient (Wildman–Crippen LogP) is 4.86. The fraction of sp³-hybridized carbons (Fsp3) is 0.600. The van der Waals surface area contributed by atoms with E-state index >= 15 is 0 Å².